The number of Topliss-reactive ketones (excluding diaryl/α,β-unsaturated/α-hetero) is 1. The van der Waals surface area contributed by atoms with Crippen LogP contribution in [0.15, 0.2) is 53.5 Å². The molecule has 5 nitrogen and oxygen atoms in total. The fourth-order valence-electron chi connectivity index (χ4n) is 3.87. The zero-order valence-corrected chi connectivity index (χ0v) is 18.7. The van der Waals surface area contributed by atoms with E-state index in [1.807, 2.05) is 19.1 Å². The number of halogens is 1. The van der Waals surface area contributed by atoms with Crippen molar-refractivity contribution in [1.29, 1.82) is 0 Å². The predicted octanol–water partition coefficient (Wildman–Crippen LogP) is 4.25. The van der Waals surface area contributed by atoms with Crippen molar-refractivity contribution >= 4 is 5.78 Å². The van der Waals surface area contributed by atoms with Gasteiger partial charge in [0.25, 0.3) is 5.56 Å². The van der Waals surface area contributed by atoms with Crippen LogP contribution in [0.3, 0.4) is 0 Å². The molecule has 32 heavy (non-hydrogen) atoms. The highest BCUT2D eigenvalue weighted by molar-refractivity contribution is 5.97. The number of methoxy groups -OCH3 is 1. The average molecular weight is 438 g/mol. The molecule has 0 radical (unpaired) electrons. The Morgan fingerprint density at radius 3 is 2.56 bits per heavy atom. The largest absolute Gasteiger partial charge is 0.494 e. The van der Waals surface area contributed by atoms with Crippen LogP contribution in [0.5, 0.6) is 5.75 Å². The number of unbranched alkanes of at least 4 members (excludes halogenated alkanes) is 1. The second kappa shape index (κ2) is 10.4. The monoisotopic (exact) mass is 437 g/mol. The van der Waals surface area contributed by atoms with Gasteiger partial charge in [0.15, 0.2) is 17.3 Å². The molecule has 0 aliphatic carbocycles. The number of ketones is 1. The van der Waals surface area contributed by atoms with Gasteiger partial charge in [-0.2, -0.15) is 0 Å². The summed E-state index contributed by atoms with van der Waals surface area (Å²) < 4.78 is 21.3. The van der Waals surface area contributed by atoms with E-state index in [0.29, 0.717) is 24.0 Å². The van der Waals surface area contributed by atoms with Crippen LogP contribution in [0.1, 0.15) is 39.9 Å². The predicted molar refractivity (Wildman–Crippen MR) is 123 cm³/mol. The molecule has 0 saturated heterocycles. The standard InChI is InChI=1S/C26H28FNO4/c1-17-19(9-6-10-20(17)21-11-7-12-24(32-3)25(21)27)15-23(30)22-14-18(8-4-5-13-29)16-28(2)26(22)31/h6-7,9-12,14,16,29H,4-5,8,13,15H2,1-3H3. The molecule has 0 spiro atoms. The molecule has 168 valence electrons. The van der Waals surface area contributed by atoms with E-state index < -0.39 is 5.82 Å². The Morgan fingerprint density at radius 2 is 1.84 bits per heavy atom. The van der Waals surface area contributed by atoms with Gasteiger partial charge in [0.05, 0.1) is 12.7 Å². The van der Waals surface area contributed by atoms with Gasteiger partial charge < -0.3 is 14.4 Å². The number of pyridine rings is 1. The zero-order chi connectivity index (χ0) is 23.3. The van der Waals surface area contributed by atoms with Gasteiger partial charge in [0.1, 0.15) is 0 Å². The number of aliphatic hydroxyl groups is 1. The summed E-state index contributed by atoms with van der Waals surface area (Å²) in [5, 5.41) is 8.99. The van der Waals surface area contributed by atoms with Crippen molar-refractivity contribution in [2.75, 3.05) is 13.7 Å². The van der Waals surface area contributed by atoms with Gasteiger partial charge in [-0.3, -0.25) is 9.59 Å². The average Bonchev–Trinajstić information content (AvgIpc) is 2.78. The molecular weight excluding hydrogens is 409 g/mol. The van der Waals surface area contributed by atoms with Crippen LogP contribution < -0.4 is 10.3 Å². The fourth-order valence-corrected chi connectivity index (χ4v) is 3.87. The second-order valence-electron chi connectivity index (χ2n) is 7.87. The van der Waals surface area contributed by atoms with Crippen LogP contribution in [0.2, 0.25) is 0 Å². The third-order valence-corrected chi connectivity index (χ3v) is 5.68. The molecule has 0 atom stereocenters. The highest BCUT2D eigenvalue weighted by Crippen LogP contribution is 2.32. The first-order valence-corrected chi connectivity index (χ1v) is 10.6. The summed E-state index contributed by atoms with van der Waals surface area (Å²) in [5.74, 6) is -0.572. The lowest BCUT2D eigenvalue weighted by Gasteiger charge is -2.14. The Labute approximate surface area is 187 Å². The normalized spacial score (nSPS) is 10.9. The van der Waals surface area contributed by atoms with E-state index in [9.17, 15) is 14.0 Å². The van der Waals surface area contributed by atoms with E-state index in [0.717, 1.165) is 23.1 Å². The Kier molecular flexibility index (Phi) is 7.59. The van der Waals surface area contributed by atoms with Crippen LogP contribution in [-0.2, 0) is 19.9 Å². The molecular formula is C26H28FNO4. The molecule has 1 heterocycles. The summed E-state index contributed by atoms with van der Waals surface area (Å²) >= 11 is 0. The smallest absolute Gasteiger partial charge is 0.261 e. The van der Waals surface area contributed by atoms with Gasteiger partial charge >= 0.3 is 0 Å². The summed E-state index contributed by atoms with van der Waals surface area (Å²) in [6.45, 7) is 1.96. The molecule has 3 rings (SSSR count). The van der Waals surface area contributed by atoms with Gasteiger partial charge in [-0.15, -0.1) is 0 Å². The number of ether oxygens (including phenoxy) is 1. The lowest BCUT2D eigenvalue weighted by atomic mass is 9.92. The lowest BCUT2D eigenvalue weighted by Crippen LogP contribution is -2.25. The van der Waals surface area contributed by atoms with Crippen molar-refractivity contribution in [3.05, 3.63) is 87.1 Å². The van der Waals surface area contributed by atoms with Gasteiger partial charge in [0, 0.05) is 31.8 Å². The van der Waals surface area contributed by atoms with Crippen LogP contribution in [-0.4, -0.2) is 29.2 Å². The zero-order valence-electron chi connectivity index (χ0n) is 18.7. The minimum Gasteiger partial charge on any atom is -0.494 e. The molecule has 0 amide bonds. The lowest BCUT2D eigenvalue weighted by molar-refractivity contribution is 0.0990. The first-order chi connectivity index (χ1) is 15.4. The summed E-state index contributed by atoms with van der Waals surface area (Å²) in [7, 11) is 3.05. The molecule has 0 aliphatic rings. The molecule has 6 heteroatoms. The molecule has 0 unspecified atom stereocenters. The van der Waals surface area contributed by atoms with Crippen LogP contribution in [0.25, 0.3) is 11.1 Å². The number of hydrogen-bond donors (Lipinski definition) is 1. The number of carbonyl (C=O) groups excluding carboxylic acids is 1. The minimum absolute atomic E-state index is 0.0423. The maximum Gasteiger partial charge on any atom is 0.261 e. The minimum atomic E-state index is -0.453. The van der Waals surface area contributed by atoms with Crippen LogP contribution in [0.4, 0.5) is 4.39 Å². The van der Waals surface area contributed by atoms with Crippen molar-refractivity contribution in [3.8, 4) is 16.9 Å². The number of aliphatic hydroxyl groups excluding tert-OH is 1. The van der Waals surface area contributed by atoms with Crippen molar-refractivity contribution in [1.82, 2.24) is 4.57 Å². The molecule has 0 fully saturated rings. The van der Waals surface area contributed by atoms with E-state index >= 15 is 0 Å². The number of benzene rings is 2. The second-order valence-corrected chi connectivity index (χ2v) is 7.87. The number of carbonyl (C=O) groups is 1. The van der Waals surface area contributed by atoms with Gasteiger partial charge in [-0.25, -0.2) is 4.39 Å². The molecule has 2 aromatic carbocycles. The number of aryl methyl sites for hydroxylation is 2. The Hall–Kier alpha value is -3.25. The number of hydrogen-bond acceptors (Lipinski definition) is 4. The highest BCUT2D eigenvalue weighted by Gasteiger charge is 2.18. The Bertz CT molecular complexity index is 1180. The molecule has 0 bridgehead atoms. The molecule has 1 aromatic heterocycles. The van der Waals surface area contributed by atoms with E-state index in [1.54, 1.807) is 43.6 Å². The maximum absolute atomic E-state index is 14.8. The number of nitrogens with zero attached hydrogens (tertiary/aromatic N) is 1. The quantitative estimate of drug-likeness (QED) is 0.401. The van der Waals surface area contributed by atoms with Crippen molar-refractivity contribution in [3.63, 3.8) is 0 Å². The molecule has 3 aromatic rings. The Balaban J connectivity index is 1.93. The van der Waals surface area contributed by atoms with Gasteiger partial charge in [-0.1, -0.05) is 30.3 Å². The first kappa shape index (κ1) is 23.4. The third kappa shape index (κ3) is 4.97. The molecule has 1 N–H and O–H groups in total. The maximum atomic E-state index is 14.8. The van der Waals surface area contributed by atoms with Gasteiger partial charge in [-0.05, 0) is 60.6 Å². The van der Waals surface area contributed by atoms with Crippen LogP contribution >= 0.6 is 0 Å². The van der Waals surface area contributed by atoms with E-state index in [4.69, 9.17) is 9.84 Å². The highest BCUT2D eigenvalue weighted by atomic mass is 19.1. The summed E-state index contributed by atoms with van der Waals surface area (Å²) in [6.07, 6.45) is 3.89. The topological polar surface area (TPSA) is 68.5 Å². The van der Waals surface area contributed by atoms with E-state index in [1.165, 1.54) is 11.7 Å². The van der Waals surface area contributed by atoms with E-state index in [-0.39, 0.29) is 35.7 Å². The SMILES string of the molecule is COc1cccc(-c2cccc(CC(=O)c3cc(CCCCO)cn(C)c3=O)c2C)c1F. The third-order valence-electron chi connectivity index (χ3n) is 5.68. The Morgan fingerprint density at radius 1 is 1.12 bits per heavy atom. The van der Waals surface area contributed by atoms with Gasteiger partial charge in [0.2, 0.25) is 0 Å². The summed E-state index contributed by atoms with van der Waals surface area (Å²) in [5.41, 5.74) is 3.29. The summed E-state index contributed by atoms with van der Waals surface area (Å²) in [4.78, 5) is 25.7. The van der Waals surface area contributed by atoms with Crippen molar-refractivity contribution in [2.45, 2.75) is 32.6 Å². The van der Waals surface area contributed by atoms with Crippen molar-refractivity contribution in [2.24, 2.45) is 7.05 Å². The summed E-state index contributed by atoms with van der Waals surface area (Å²) in [6, 6.07) is 12.0. The fraction of sp³-hybridized carbons (Fsp3) is 0.308. The molecule has 0 saturated carbocycles. The number of aromatic nitrogens is 1. The number of rotatable bonds is 9. The van der Waals surface area contributed by atoms with Crippen LogP contribution in [0, 0.1) is 12.7 Å². The van der Waals surface area contributed by atoms with Crippen molar-refractivity contribution < 1.29 is 19.0 Å². The molecule has 0 aliphatic heterocycles. The van der Waals surface area contributed by atoms with E-state index in [2.05, 4.69) is 0 Å². The first-order valence-electron chi connectivity index (χ1n) is 10.6.